The van der Waals surface area contributed by atoms with Gasteiger partial charge in [-0.2, -0.15) is 0 Å². The molecule has 0 aromatic heterocycles. The van der Waals surface area contributed by atoms with Gasteiger partial charge in [0.25, 0.3) is 0 Å². The van der Waals surface area contributed by atoms with E-state index in [-0.39, 0.29) is 23.8 Å². The molecule has 0 heterocycles. The smallest absolute Gasteiger partial charge is 0.222 e. The van der Waals surface area contributed by atoms with E-state index in [1.54, 1.807) is 6.08 Å². The molecule has 76 valence electrons. The monoisotopic (exact) mass is 184 g/mol. The van der Waals surface area contributed by atoms with E-state index in [2.05, 4.69) is 13.5 Å². The van der Waals surface area contributed by atoms with E-state index in [0.29, 0.717) is 0 Å². The minimum absolute atomic E-state index is 0.113. The molecule has 0 saturated heterocycles. The molecule has 4 N–H and O–H groups in total. The summed E-state index contributed by atoms with van der Waals surface area (Å²) in [5.41, 5.74) is 11.0. The number of amides is 1. The molecular weight excluding hydrogens is 164 g/mol. The molecule has 0 aromatic rings. The summed E-state index contributed by atoms with van der Waals surface area (Å²) in [4.78, 5) is 11.1. The predicted molar refractivity (Wildman–Crippen MR) is 54.9 cm³/mol. The number of allylic oxidation sites excluding steroid dienone is 1. The maximum Gasteiger partial charge on any atom is 0.222 e. The number of nitrogens with two attached hydrogens (primary N) is 2. The molecule has 13 heavy (non-hydrogen) atoms. The molecule has 0 fully saturated rings. The fraction of sp³-hybridized carbons (Fsp3) is 0.700. The molecule has 0 radical (unpaired) electrons. The first-order valence-electron chi connectivity index (χ1n) is 4.72. The van der Waals surface area contributed by atoms with E-state index in [1.807, 2.05) is 6.92 Å². The zero-order chi connectivity index (χ0) is 10.4. The minimum atomic E-state index is -0.326. The van der Waals surface area contributed by atoms with E-state index in [1.165, 1.54) is 0 Å². The second-order valence-corrected chi connectivity index (χ2v) is 3.48. The van der Waals surface area contributed by atoms with Gasteiger partial charge in [-0.25, -0.2) is 0 Å². The third kappa shape index (κ3) is 3.59. The fourth-order valence-electron chi connectivity index (χ4n) is 1.64. The molecule has 0 aliphatic carbocycles. The zero-order valence-corrected chi connectivity index (χ0v) is 8.49. The van der Waals surface area contributed by atoms with Gasteiger partial charge in [0.1, 0.15) is 0 Å². The molecule has 0 saturated carbocycles. The fourth-order valence-corrected chi connectivity index (χ4v) is 1.64. The van der Waals surface area contributed by atoms with Crippen molar-refractivity contribution in [3.05, 3.63) is 12.7 Å². The van der Waals surface area contributed by atoms with Gasteiger partial charge in [0.15, 0.2) is 0 Å². The van der Waals surface area contributed by atoms with E-state index in [9.17, 15) is 4.79 Å². The van der Waals surface area contributed by atoms with E-state index in [0.717, 1.165) is 12.8 Å². The van der Waals surface area contributed by atoms with Gasteiger partial charge in [0, 0.05) is 6.04 Å². The number of hydrogen-bond donors (Lipinski definition) is 2. The van der Waals surface area contributed by atoms with Crippen molar-refractivity contribution in [1.82, 2.24) is 0 Å². The molecule has 0 rings (SSSR count). The maximum atomic E-state index is 11.1. The summed E-state index contributed by atoms with van der Waals surface area (Å²) in [6.07, 6.45) is 3.70. The summed E-state index contributed by atoms with van der Waals surface area (Å²) in [5.74, 6) is -0.492. The van der Waals surface area contributed by atoms with Gasteiger partial charge >= 0.3 is 0 Å². The highest BCUT2D eigenvalue weighted by Gasteiger charge is 2.26. The first-order valence-corrected chi connectivity index (χ1v) is 4.72. The van der Waals surface area contributed by atoms with Crippen LogP contribution in [-0.2, 0) is 4.79 Å². The second kappa shape index (κ2) is 5.75. The van der Waals surface area contributed by atoms with Crippen LogP contribution in [0.25, 0.3) is 0 Å². The maximum absolute atomic E-state index is 11.1. The van der Waals surface area contributed by atoms with Crippen LogP contribution >= 0.6 is 0 Å². The van der Waals surface area contributed by atoms with Crippen molar-refractivity contribution in [2.45, 2.75) is 32.7 Å². The normalized spacial score (nSPS) is 17.5. The molecule has 3 unspecified atom stereocenters. The van der Waals surface area contributed by atoms with Crippen molar-refractivity contribution in [2.75, 3.05) is 0 Å². The summed E-state index contributed by atoms with van der Waals surface area (Å²) >= 11 is 0. The Morgan fingerprint density at radius 1 is 1.62 bits per heavy atom. The standard InChI is InChI=1S/C10H20N2O/c1-4-6-8(5-2)9(7(3)11)10(12)13/h5,7-9H,2,4,6,11H2,1,3H3,(H2,12,13). The van der Waals surface area contributed by atoms with Gasteiger partial charge in [-0.1, -0.05) is 19.4 Å². The van der Waals surface area contributed by atoms with Gasteiger partial charge in [-0.05, 0) is 19.3 Å². The minimum Gasteiger partial charge on any atom is -0.369 e. The lowest BCUT2D eigenvalue weighted by Crippen LogP contribution is -2.41. The lowest BCUT2D eigenvalue weighted by Gasteiger charge is -2.24. The Labute approximate surface area is 80.2 Å². The molecule has 3 heteroatoms. The van der Waals surface area contributed by atoms with Crippen molar-refractivity contribution in [1.29, 1.82) is 0 Å². The first-order chi connectivity index (χ1) is 6.04. The highest BCUT2D eigenvalue weighted by Crippen LogP contribution is 2.21. The second-order valence-electron chi connectivity index (χ2n) is 3.48. The third-order valence-corrected chi connectivity index (χ3v) is 2.28. The van der Waals surface area contributed by atoms with Gasteiger partial charge in [0.2, 0.25) is 5.91 Å². The lowest BCUT2D eigenvalue weighted by atomic mass is 9.83. The number of primary amides is 1. The number of carbonyl (C=O) groups excluding carboxylic acids is 1. The van der Waals surface area contributed by atoms with Gasteiger partial charge < -0.3 is 11.5 Å². The van der Waals surface area contributed by atoms with Crippen molar-refractivity contribution in [3.63, 3.8) is 0 Å². The summed E-state index contributed by atoms with van der Waals surface area (Å²) < 4.78 is 0. The van der Waals surface area contributed by atoms with E-state index < -0.39 is 0 Å². The molecule has 1 amide bonds. The lowest BCUT2D eigenvalue weighted by molar-refractivity contribution is -0.123. The van der Waals surface area contributed by atoms with Crippen LogP contribution < -0.4 is 11.5 Å². The Morgan fingerprint density at radius 2 is 2.15 bits per heavy atom. The van der Waals surface area contributed by atoms with Crippen molar-refractivity contribution in [3.8, 4) is 0 Å². The Bertz CT molecular complexity index is 178. The third-order valence-electron chi connectivity index (χ3n) is 2.28. The highest BCUT2D eigenvalue weighted by molar-refractivity contribution is 5.78. The van der Waals surface area contributed by atoms with Crippen molar-refractivity contribution in [2.24, 2.45) is 23.3 Å². The van der Waals surface area contributed by atoms with Crippen LogP contribution in [-0.4, -0.2) is 11.9 Å². The summed E-state index contributed by atoms with van der Waals surface area (Å²) in [5, 5.41) is 0. The zero-order valence-electron chi connectivity index (χ0n) is 8.49. The van der Waals surface area contributed by atoms with Crippen molar-refractivity contribution >= 4 is 5.91 Å². The van der Waals surface area contributed by atoms with Crippen molar-refractivity contribution < 1.29 is 4.79 Å². The molecule has 0 aliphatic rings. The largest absolute Gasteiger partial charge is 0.369 e. The molecule has 3 nitrogen and oxygen atoms in total. The molecule has 3 atom stereocenters. The van der Waals surface area contributed by atoms with Gasteiger partial charge in [-0.3, -0.25) is 4.79 Å². The predicted octanol–water partition coefficient (Wildman–Crippen LogP) is 1.04. The number of rotatable bonds is 6. The van der Waals surface area contributed by atoms with Crippen LogP contribution in [0.1, 0.15) is 26.7 Å². The van der Waals surface area contributed by atoms with E-state index in [4.69, 9.17) is 11.5 Å². The number of hydrogen-bond acceptors (Lipinski definition) is 2. The molecule has 0 spiro atoms. The van der Waals surface area contributed by atoms with Crippen LogP contribution in [0.15, 0.2) is 12.7 Å². The van der Waals surface area contributed by atoms with Crippen LogP contribution in [0.5, 0.6) is 0 Å². The Hall–Kier alpha value is -0.830. The Morgan fingerprint density at radius 3 is 2.38 bits per heavy atom. The molecule has 0 bridgehead atoms. The average molecular weight is 184 g/mol. The first kappa shape index (κ1) is 12.2. The van der Waals surface area contributed by atoms with Gasteiger partial charge in [-0.15, -0.1) is 6.58 Å². The average Bonchev–Trinajstić information content (AvgIpc) is 2.02. The van der Waals surface area contributed by atoms with Crippen LogP contribution in [0.4, 0.5) is 0 Å². The molecule has 0 aliphatic heterocycles. The Kier molecular flexibility index (Phi) is 5.39. The summed E-state index contributed by atoms with van der Waals surface area (Å²) in [7, 11) is 0. The van der Waals surface area contributed by atoms with Crippen LogP contribution in [0, 0.1) is 11.8 Å². The number of carbonyl (C=O) groups is 1. The highest BCUT2D eigenvalue weighted by atomic mass is 16.1. The summed E-state index contributed by atoms with van der Waals surface area (Å²) in [6.45, 7) is 7.57. The summed E-state index contributed by atoms with van der Waals surface area (Å²) in [6, 6.07) is -0.202. The van der Waals surface area contributed by atoms with Gasteiger partial charge in [0.05, 0.1) is 5.92 Å². The molecular formula is C10H20N2O. The Balaban J connectivity index is 4.48. The quantitative estimate of drug-likeness (QED) is 0.605. The molecule has 0 aromatic carbocycles. The van der Waals surface area contributed by atoms with Crippen LogP contribution in [0.2, 0.25) is 0 Å². The van der Waals surface area contributed by atoms with Crippen LogP contribution in [0.3, 0.4) is 0 Å². The van der Waals surface area contributed by atoms with E-state index >= 15 is 0 Å². The topological polar surface area (TPSA) is 69.1 Å². The SMILES string of the molecule is C=CC(CCC)C(C(N)=O)C(C)N.